The third-order valence-electron chi connectivity index (χ3n) is 6.32. The lowest BCUT2D eigenvalue weighted by molar-refractivity contribution is -0.697. The van der Waals surface area contributed by atoms with Gasteiger partial charge in [-0.05, 0) is 41.8 Å². The standard InChI is InChI=1S/C28H30N4/c1-29-19-13-23(14-20-29)24-15-21-31(22-16-24)17-7-8-18-32-27-11-5-3-9-25(27)30(2)26-10-4-6-12-28(26)32/h3-6,9-16,19-22H,7-8,17-18H2,1-2H3/q+2. The van der Waals surface area contributed by atoms with Crippen LogP contribution >= 0.6 is 0 Å². The molecule has 160 valence electrons. The topological polar surface area (TPSA) is 14.2 Å². The molecule has 32 heavy (non-hydrogen) atoms. The number of rotatable bonds is 6. The average Bonchev–Trinajstić information content (AvgIpc) is 2.84. The summed E-state index contributed by atoms with van der Waals surface area (Å²) in [6.07, 6.45) is 10.8. The monoisotopic (exact) mass is 422 g/mol. The molecule has 4 heteroatoms. The Morgan fingerprint density at radius 1 is 0.625 bits per heavy atom. The SMILES string of the molecule is CN1c2ccccc2N(CCCC[n+]2ccc(-c3cc[n+](C)cc3)cc2)c2ccccc21. The van der Waals surface area contributed by atoms with Crippen LogP contribution in [0.4, 0.5) is 22.7 Å². The molecule has 0 saturated heterocycles. The van der Waals surface area contributed by atoms with Crippen LogP contribution in [0.2, 0.25) is 0 Å². The highest BCUT2D eigenvalue weighted by Gasteiger charge is 2.25. The van der Waals surface area contributed by atoms with Crippen LogP contribution in [0.1, 0.15) is 12.8 Å². The van der Waals surface area contributed by atoms with E-state index in [1.807, 2.05) is 7.05 Å². The highest BCUT2D eigenvalue weighted by atomic mass is 15.3. The number of para-hydroxylation sites is 4. The normalized spacial score (nSPS) is 12.4. The summed E-state index contributed by atoms with van der Waals surface area (Å²) in [5.41, 5.74) is 7.63. The largest absolute Gasteiger partial charge is 0.341 e. The van der Waals surface area contributed by atoms with Crippen molar-refractivity contribution in [2.24, 2.45) is 7.05 Å². The molecule has 0 amide bonds. The summed E-state index contributed by atoms with van der Waals surface area (Å²) in [5.74, 6) is 0. The number of benzene rings is 2. The molecule has 1 aliphatic heterocycles. The second kappa shape index (κ2) is 8.83. The first-order valence-electron chi connectivity index (χ1n) is 11.3. The van der Waals surface area contributed by atoms with E-state index in [1.54, 1.807) is 0 Å². The number of hydrogen-bond donors (Lipinski definition) is 0. The van der Waals surface area contributed by atoms with Gasteiger partial charge in [0.2, 0.25) is 0 Å². The molecule has 0 N–H and O–H groups in total. The van der Waals surface area contributed by atoms with Gasteiger partial charge < -0.3 is 9.80 Å². The molecule has 2 aromatic carbocycles. The molecule has 5 rings (SSSR count). The predicted octanol–water partition coefficient (Wildman–Crippen LogP) is 5.17. The molecule has 1 aliphatic rings. The van der Waals surface area contributed by atoms with Crippen LogP contribution < -0.4 is 18.9 Å². The molecule has 4 nitrogen and oxygen atoms in total. The van der Waals surface area contributed by atoms with E-state index in [0.717, 1.165) is 25.9 Å². The third-order valence-corrected chi connectivity index (χ3v) is 6.32. The molecule has 0 spiro atoms. The van der Waals surface area contributed by atoms with E-state index in [2.05, 4.69) is 124 Å². The molecule has 0 saturated carbocycles. The zero-order valence-corrected chi connectivity index (χ0v) is 18.9. The van der Waals surface area contributed by atoms with Crippen LogP contribution in [0.15, 0.2) is 97.6 Å². The van der Waals surface area contributed by atoms with Gasteiger partial charge in [0.25, 0.3) is 0 Å². The van der Waals surface area contributed by atoms with E-state index in [4.69, 9.17) is 0 Å². The summed E-state index contributed by atoms with van der Waals surface area (Å²) in [6.45, 7) is 2.04. The Labute approximate surface area is 190 Å². The molecule has 0 unspecified atom stereocenters. The van der Waals surface area contributed by atoms with Crippen LogP contribution in [0, 0.1) is 0 Å². The Balaban J connectivity index is 1.24. The number of nitrogens with zero attached hydrogens (tertiary/aromatic N) is 4. The first-order chi connectivity index (χ1) is 15.7. The Bertz CT molecular complexity index is 1150. The molecule has 3 heterocycles. The average molecular weight is 423 g/mol. The second-order valence-corrected chi connectivity index (χ2v) is 8.47. The van der Waals surface area contributed by atoms with E-state index in [9.17, 15) is 0 Å². The third kappa shape index (κ3) is 3.96. The maximum atomic E-state index is 2.48. The van der Waals surface area contributed by atoms with E-state index in [-0.39, 0.29) is 0 Å². The van der Waals surface area contributed by atoms with E-state index in [1.165, 1.54) is 33.9 Å². The highest BCUT2D eigenvalue weighted by molar-refractivity contribution is 5.92. The minimum absolute atomic E-state index is 1.02. The fraction of sp³-hybridized carbons (Fsp3) is 0.214. The van der Waals surface area contributed by atoms with Crippen molar-refractivity contribution in [3.8, 4) is 11.1 Å². The summed E-state index contributed by atoms with van der Waals surface area (Å²) in [4.78, 5) is 4.78. The molecule has 2 aromatic heterocycles. The van der Waals surface area contributed by atoms with Crippen LogP contribution in [-0.2, 0) is 13.6 Å². The molecular weight excluding hydrogens is 392 g/mol. The van der Waals surface area contributed by atoms with Crippen molar-refractivity contribution in [2.45, 2.75) is 19.4 Å². The summed E-state index contributed by atoms with van der Waals surface area (Å²) < 4.78 is 4.35. The van der Waals surface area contributed by atoms with Crippen LogP contribution in [0.3, 0.4) is 0 Å². The number of pyridine rings is 2. The number of hydrogen-bond acceptors (Lipinski definition) is 2. The molecule has 0 bridgehead atoms. The highest BCUT2D eigenvalue weighted by Crippen LogP contribution is 2.46. The second-order valence-electron chi connectivity index (χ2n) is 8.47. The van der Waals surface area contributed by atoms with Crippen molar-refractivity contribution < 1.29 is 9.13 Å². The zero-order valence-electron chi connectivity index (χ0n) is 18.9. The number of unbranched alkanes of at least 4 members (excludes halogenated alkanes) is 1. The molecule has 0 radical (unpaired) electrons. The zero-order chi connectivity index (χ0) is 21.9. The lowest BCUT2D eigenvalue weighted by Crippen LogP contribution is -2.33. The van der Waals surface area contributed by atoms with Gasteiger partial charge in [-0.1, -0.05) is 24.3 Å². The van der Waals surface area contributed by atoms with Crippen molar-refractivity contribution in [3.05, 3.63) is 97.6 Å². The Morgan fingerprint density at radius 3 is 1.69 bits per heavy atom. The van der Waals surface area contributed by atoms with Crippen molar-refractivity contribution in [2.75, 3.05) is 23.4 Å². The van der Waals surface area contributed by atoms with Crippen molar-refractivity contribution >= 4 is 22.7 Å². The van der Waals surface area contributed by atoms with Gasteiger partial charge in [-0.3, -0.25) is 0 Å². The maximum absolute atomic E-state index is 2.48. The van der Waals surface area contributed by atoms with Crippen molar-refractivity contribution in [3.63, 3.8) is 0 Å². The van der Waals surface area contributed by atoms with Crippen LogP contribution in [0.5, 0.6) is 0 Å². The number of anilines is 4. The van der Waals surface area contributed by atoms with Crippen molar-refractivity contribution in [1.82, 2.24) is 0 Å². The molecule has 0 atom stereocenters. The van der Waals surface area contributed by atoms with Gasteiger partial charge >= 0.3 is 0 Å². The fourth-order valence-electron chi connectivity index (χ4n) is 4.51. The number of aryl methyl sites for hydroxylation is 2. The Morgan fingerprint density at radius 2 is 1.12 bits per heavy atom. The predicted molar refractivity (Wildman–Crippen MR) is 130 cm³/mol. The molecular formula is C28H30N4+2. The van der Waals surface area contributed by atoms with Gasteiger partial charge in [0, 0.05) is 44.3 Å². The van der Waals surface area contributed by atoms with Crippen molar-refractivity contribution in [1.29, 1.82) is 0 Å². The van der Waals surface area contributed by atoms with Gasteiger partial charge in [0.05, 0.1) is 22.7 Å². The fourth-order valence-corrected chi connectivity index (χ4v) is 4.51. The number of aromatic nitrogens is 2. The van der Waals surface area contributed by atoms with Crippen LogP contribution in [-0.4, -0.2) is 13.6 Å². The number of fused-ring (bicyclic) bond motifs is 2. The minimum atomic E-state index is 1.02. The van der Waals surface area contributed by atoms with Gasteiger partial charge in [-0.2, -0.15) is 0 Å². The summed E-state index contributed by atoms with van der Waals surface area (Å²) in [7, 11) is 4.20. The first-order valence-corrected chi connectivity index (χ1v) is 11.3. The van der Waals surface area contributed by atoms with Gasteiger partial charge in [0.15, 0.2) is 24.8 Å². The maximum Gasteiger partial charge on any atom is 0.169 e. The Kier molecular flexibility index (Phi) is 5.59. The van der Waals surface area contributed by atoms with Crippen LogP contribution in [0.25, 0.3) is 11.1 Å². The Hall–Kier alpha value is -3.66. The van der Waals surface area contributed by atoms with Gasteiger partial charge in [-0.25, -0.2) is 9.13 Å². The summed E-state index contributed by atoms with van der Waals surface area (Å²) >= 11 is 0. The summed E-state index contributed by atoms with van der Waals surface area (Å²) in [6, 6.07) is 26.1. The smallest absolute Gasteiger partial charge is 0.169 e. The van der Waals surface area contributed by atoms with E-state index in [0.29, 0.717) is 0 Å². The van der Waals surface area contributed by atoms with E-state index < -0.39 is 0 Å². The summed E-state index contributed by atoms with van der Waals surface area (Å²) in [5, 5.41) is 0. The minimum Gasteiger partial charge on any atom is -0.341 e. The molecule has 0 fully saturated rings. The van der Waals surface area contributed by atoms with E-state index >= 15 is 0 Å². The molecule has 0 aliphatic carbocycles. The molecule has 4 aromatic rings. The quantitative estimate of drug-likeness (QED) is 0.315. The lowest BCUT2D eigenvalue weighted by Gasteiger charge is -2.38. The van der Waals surface area contributed by atoms with Gasteiger partial charge in [0.1, 0.15) is 13.6 Å². The first kappa shape index (κ1) is 20.3. The lowest BCUT2D eigenvalue weighted by atomic mass is 10.1. The van der Waals surface area contributed by atoms with Gasteiger partial charge in [-0.15, -0.1) is 0 Å².